The zero-order valence-corrected chi connectivity index (χ0v) is 15.2. The maximum Gasteiger partial charge on any atom is 0.227 e. The molecule has 2 aromatic rings. The second-order valence-corrected chi connectivity index (χ2v) is 6.27. The molecule has 0 radical (unpaired) electrons. The van der Waals surface area contributed by atoms with Gasteiger partial charge in [0.15, 0.2) is 0 Å². The van der Waals surface area contributed by atoms with Gasteiger partial charge in [-0.05, 0) is 38.0 Å². The smallest absolute Gasteiger partial charge is 0.227 e. The Morgan fingerprint density at radius 1 is 1.04 bits per heavy atom. The van der Waals surface area contributed by atoms with Crippen LogP contribution >= 0.6 is 23.2 Å². The van der Waals surface area contributed by atoms with E-state index in [0.717, 1.165) is 49.1 Å². The first-order chi connectivity index (χ1) is 11.0. The molecule has 0 aliphatic rings. The summed E-state index contributed by atoms with van der Waals surface area (Å²) in [4.78, 5) is 11.4. The van der Waals surface area contributed by atoms with Crippen molar-refractivity contribution in [3.8, 4) is 0 Å². The molecule has 0 aliphatic carbocycles. The summed E-state index contributed by atoms with van der Waals surface area (Å²) in [5, 5.41) is 4.42. The molecule has 0 spiro atoms. The normalized spacial score (nSPS) is 10.7. The van der Waals surface area contributed by atoms with Crippen molar-refractivity contribution in [3.63, 3.8) is 0 Å². The number of hydrogen-bond donors (Lipinski definition) is 1. The molecule has 0 atom stereocenters. The highest BCUT2D eigenvalue weighted by atomic mass is 35.5. The van der Waals surface area contributed by atoms with Crippen molar-refractivity contribution >= 4 is 40.7 Å². The number of aromatic nitrogens is 2. The van der Waals surface area contributed by atoms with E-state index < -0.39 is 0 Å². The Balaban J connectivity index is 2.28. The minimum Gasteiger partial charge on any atom is -0.341 e. The van der Waals surface area contributed by atoms with E-state index in [4.69, 9.17) is 23.2 Å². The molecule has 1 heterocycles. The van der Waals surface area contributed by atoms with Crippen LogP contribution in [0, 0.1) is 6.92 Å². The SMILES string of the molecule is CCCN(CCC)c1nc(C)cc(Nc2ccc(Cl)cc2Cl)n1. The fraction of sp³-hybridized carbons (Fsp3) is 0.412. The van der Waals surface area contributed by atoms with Gasteiger partial charge >= 0.3 is 0 Å². The van der Waals surface area contributed by atoms with E-state index in [1.54, 1.807) is 12.1 Å². The first-order valence-electron chi connectivity index (χ1n) is 7.86. The Morgan fingerprint density at radius 3 is 2.35 bits per heavy atom. The fourth-order valence-corrected chi connectivity index (χ4v) is 2.79. The second kappa shape index (κ2) is 8.37. The molecular weight excluding hydrogens is 331 g/mol. The Kier molecular flexibility index (Phi) is 6.48. The maximum absolute atomic E-state index is 6.22. The summed E-state index contributed by atoms with van der Waals surface area (Å²) in [7, 11) is 0. The zero-order chi connectivity index (χ0) is 16.8. The lowest BCUT2D eigenvalue weighted by molar-refractivity contribution is 0.720. The number of rotatable bonds is 7. The molecule has 124 valence electrons. The molecular formula is C17H22Cl2N4. The van der Waals surface area contributed by atoms with Crippen LogP contribution in [0.15, 0.2) is 24.3 Å². The molecule has 0 saturated carbocycles. The Labute approximate surface area is 147 Å². The van der Waals surface area contributed by atoms with E-state index in [9.17, 15) is 0 Å². The summed E-state index contributed by atoms with van der Waals surface area (Å²) in [6, 6.07) is 7.26. The molecule has 4 nitrogen and oxygen atoms in total. The molecule has 1 aromatic heterocycles. The molecule has 0 amide bonds. The second-order valence-electron chi connectivity index (χ2n) is 5.43. The van der Waals surface area contributed by atoms with Crippen LogP contribution in [-0.4, -0.2) is 23.1 Å². The number of nitrogens with zero attached hydrogens (tertiary/aromatic N) is 3. The monoisotopic (exact) mass is 352 g/mol. The fourth-order valence-electron chi connectivity index (χ4n) is 2.34. The van der Waals surface area contributed by atoms with Crippen LogP contribution < -0.4 is 10.2 Å². The number of nitrogens with one attached hydrogen (secondary N) is 1. The lowest BCUT2D eigenvalue weighted by Gasteiger charge is -2.22. The Hall–Kier alpha value is -1.52. The van der Waals surface area contributed by atoms with Gasteiger partial charge in [0, 0.05) is 29.9 Å². The molecule has 23 heavy (non-hydrogen) atoms. The van der Waals surface area contributed by atoms with Crippen LogP contribution in [0.5, 0.6) is 0 Å². The predicted molar refractivity (Wildman–Crippen MR) is 99.3 cm³/mol. The highest BCUT2D eigenvalue weighted by Gasteiger charge is 2.11. The van der Waals surface area contributed by atoms with Gasteiger partial charge in [-0.25, -0.2) is 4.98 Å². The lowest BCUT2D eigenvalue weighted by atomic mass is 10.3. The average Bonchev–Trinajstić information content (AvgIpc) is 2.49. The number of hydrogen-bond acceptors (Lipinski definition) is 4. The van der Waals surface area contributed by atoms with Crippen molar-refractivity contribution in [3.05, 3.63) is 40.0 Å². The maximum atomic E-state index is 6.22. The van der Waals surface area contributed by atoms with E-state index in [-0.39, 0.29) is 0 Å². The van der Waals surface area contributed by atoms with Crippen molar-refractivity contribution < 1.29 is 0 Å². The number of aryl methyl sites for hydroxylation is 1. The molecule has 1 N–H and O–H groups in total. The molecule has 0 unspecified atom stereocenters. The zero-order valence-electron chi connectivity index (χ0n) is 13.7. The van der Waals surface area contributed by atoms with Crippen LogP contribution in [-0.2, 0) is 0 Å². The molecule has 0 bridgehead atoms. The summed E-state index contributed by atoms with van der Waals surface area (Å²) in [5.74, 6) is 1.48. The third-order valence-corrected chi connectivity index (χ3v) is 3.85. The van der Waals surface area contributed by atoms with E-state index in [1.807, 2.05) is 19.1 Å². The highest BCUT2D eigenvalue weighted by Crippen LogP contribution is 2.28. The standard InChI is InChI=1S/C17H22Cl2N4/c1-4-8-23(9-5-2)17-20-12(3)10-16(22-17)21-15-7-6-13(18)11-14(15)19/h6-7,10-11H,4-5,8-9H2,1-3H3,(H,20,21,22). The van der Waals surface area contributed by atoms with Crippen LogP contribution in [0.2, 0.25) is 10.0 Å². The Morgan fingerprint density at radius 2 is 1.74 bits per heavy atom. The summed E-state index contributed by atoms with van der Waals surface area (Å²) < 4.78 is 0. The van der Waals surface area contributed by atoms with Gasteiger partial charge in [0.25, 0.3) is 0 Å². The molecule has 6 heteroatoms. The summed E-state index contributed by atoms with van der Waals surface area (Å²) in [6.45, 7) is 8.17. The minimum atomic E-state index is 0.564. The van der Waals surface area contributed by atoms with Gasteiger partial charge in [0.05, 0.1) is 10.7 Å². The van der Waals surface area contributed by atoms with Crippen molar-refractivity contribution in [1.29, 1.82) is 0 Å². The van der Waals surface area contributed by atoms with Crippen molar-refractivity contribution in [2.75, 3.05) is 23.3 Å². The number of benzene rings is 1. The van der Waals surface area contributed by atoms with E-state index >= 15 is 0 Å². The van der Waals surface area contributed by atoms with E-state index in [0.29, 0.717) is 10.0 Å². The van der Waals surface area contributed by atoms with Gasteiger partial charge in [-0.3, -0.25) is 0 Å². The highest BCUT2D eigenvalue weighted by molar-refractivity contribution is 6.36. The quantitative estimate of drug-likeness (QED) is 0.717. The third kappa shape index (κ3) is 4.98. The topological polar surface area (TPSA) is 41.1 Å². The number of anilines is 3. The van der Waals surface area contributed by atoms with E-state index in [2.05, 4.69) is 34.0 Å². The molecule has 1 aromatic carbocycles. The minimum absolute atomic E-state index is 0.564. The molecule has 0 saturated heterocycles. The van der Waals surface area contributed by atoms with Gasteiger partial charge < -0.3 is 10.2 Å². The van der Waals surface area contributed by atoms with Crippen molar-refractivity contribution in [2.45, 2.75) is 33.6 Å². The molecule has 0 fully saturated rings. The van der Waals surface area contributed by atoms with E-state index in [1.165, 1.54) is 0 Å². The van der Waals surface area contributed by atoms with Gasteiger partial charge in [-0.15, -0.1) is 0 Å². The van der Waals surface area contributed by atoms with Gasteiger partial charge in [0.2, 0.25) is 5.95 Å². The van der Waals surface area contributed by atoms with Gasteiger partial charge in [-0.1, -0.05) is 37.0 Å². The first-order valence-corrected chi connectivity index (χ1v) is 8.61. The van der Waals surface area contributed by atoms with Crippen LogP contribution in [0.1, 0.15) is 32.4 Å². The average molecular weight is 353 g/mol. The van der Waals surface area contributed by atoms with Crippen molar-refractivity contribution in [2.24, 2.45) is 0 Å². The summed E-state index contributed by atoms with van der Waals surface area (Å²) in [6.07, 6.45) is 2.12. The van der Waals surface area contributed by atoms with Gasteiger partial charge in [-0.2, -0.15) is 4.98 Å². The summed E-state index contributed by atoms with van der Waals surface area (Å²) >= 11 is 12.2. The molecule has 0 aliphatic heterocycles. The Bertz CT molecular complexity index is 655. The largest absolute Gasteiger partial charge is 0.341 e. The first kappa shape index (κ1) is 17.8. The lowest BCUT2D eigenvalue weighted by Crippen LogP contribution is -2.27. The van der Waals surface area contributed by atoms with Crippen LogP contribution in [0.4, 0.5) is 17.5 Å². The molecule has 2 rings (SSSR count). The van der Waals surface area contributed by atoms with Crippen LogP contribution in [0.3, 0.4) is 0 Å². The number of halogens is 2. The van der Waals surface area contributed by atoms with Crippen LogP contribution in [0.25, 0.3) is 0 Å². The summed E-state index contributed by atoms with van der Waals surface area (Å²) in [5.41, 5.74) is 1.69. The van der Waals surface area contributed by atoms with Gasteiger partial charge in [0.1, 0.15) is 5.82 Å². The third-order valence-electron chi connectivity index (χ3n) is 3.31. The predicted octanol–water partition coefficient (Wildman–Crippen LogP) is 5.46. The van der Waals surface area contributed by atoms with Crippen molar-refractivity contribution in [1.82, 2.24) is 9.97 Å².